The summed E-state index contributed by atoms with van der Waals surface area (Å²) in [7, 11) is 0. The SMILES string of the molecule is O=C(c1ccc(Cl)cc1)C1CCN2CCCCC2C1. The van der Waals surface area contributed by atoms with Gasteiger partial charge < -0.3 is 4.90 Å². The molecule has 0 N–H and O–H groups in total. The van der Waals surface area contributed by atoms with Crippen molar-refractivity contribution in [2.45, 2.75) is 38.1 Å². The first kappa shape index (κ1) is 13.1. The van der Waals surface area contributed by atoms with Crippen LogP contribution >= 0.6 is 11.6 Å². The van der Waals surface area contributed by atoms with Crippen LogP contribution in [0.15, 0.2) is 24.3 Å². The highest BCUT2D eigenvalue weighted by atomic mass is 35.5. The van der Waals surface area contributed by atoms with Gasteiger partial charge in [0.15, 0.2) is 5.78 Å². The fraction of sp³-hybridized carbons (Fsp3) is 0.562. The van der Waals surface area contributed by atoms with Crippen LogP contribution in [0.5, 0.6) is 0 Å². The zero-order valence-electron chi connectivity index (χ0n) is 11.1. The van der Waals surface area contributed by atoms with Crippen LogP contribution in [-0.2, 0) is 0 Å². The van der Waals surface area contributed by atoms with Gasteiger partial charge in [-0.05, 0) is 63.0 Å². The average molecular weight is 278 g/mol. The lowest BCUT2D eigenvalue weighted by Crippen LogP contribution is -2.46. The van der Waals surface area contributed by atoms with Gasteiger partial charge >= 0.3 is 0 Å². The molecule has 2 unspecified atom stereocenters. The Morgan fingerprint density at radius 1 is 1.11 bits per heavy atom. The van der Waals surface area contributed by atoms with Gasteiger partial charge in [0.05, 0.1) is 0 Å². The predicted molar refractivity (Wildman–Crippen MR) is 77.7 cm³/mol. The summed E-state index contributed by atoms with van der Waals surface area (Å²) in [5.74, 6) is 0.516. The molecule has 0 amide bonds. The number of hydrogen-bond acceptors (Lipinski definition) is 2. The third-order valence-corrected chi connectivity index (χ3v) is 4.82. The molecule has 2 nitrogen and oxygen atoms in total. The fourth-order valence-corrected chi connectivity index (χ4v) is 3.60. The van der Waals surface area contributed by atoms with E-state index in [-0.39, 0.29) is 5.92 Å². The number of piperidine rings is 2. The summed E-state index contributed by atoms with van der Waals surface area (Å²) in [4.78, 5) is 15.1. The quantitative estimate of drug-likeness (QED) is 0.767. The maximum atomic E-state index is 12.5. The van der Waals surface area contributed by atoms with Gasteiger partial charge in [0, 0.05) is 22.5 Å². The monoisotopic (exact) mass is 277 g/mol. The molecule has 2 aliphatic rings. The number of nitrogens with zero attached hydrogens (tertiary/aromatic N) is 1. The fourth-order valence-electron chi connectivity index (χ4n) is 3.48. The topological polar surface area (TPSA) is 20.3 Å². The number of fused-ring (bicyclic) bond motifs is 1. The minimum absolute atomic E-state index is 0.209. The Kier molecular flexibility index (Phi) is 3.90. The van der Waals surface area contributed by atoms with Crippen molar-refractivity contribution in [3.8, 4) is 0 Å². The molecular weight excluding hydrogens is 258 g/mol. The van der Waals surface area contributed by atoms with E-state index in [0.717, 1.165) is 24.9 Å². The van der Waals surface area contributed by atoms with E-state index in [1.807, 2.05) is 24.3 Å². The summed E-state index contributed by atoms with van der Waals surface area (Å²) < 4.78 is 0. The van der Waals surface area contributed by atoms with Crippen LogP contribution in [0, 0.1) is 5.92 Å². The van der Waals surface area contributed by atoms with Crippen LogP contribution in [0.25, 0.3) is 0 Å². The number of halogens is 1. The van der Waals surface area contributed by atoms with Crippen molar-refractivity contribution in [1.82, 2.24) is 4.90 Å². The molecule has 0 aliphatic carbocycles. The molecule has 2 fully saturated rings. The molecule has 0 saturated carbocycles. The molecule has 3 rings (SSSR count). The highest BCUT2D eigenvalue weighted by molar-refractivity contribution is 6.30. The Balaban J connectivity index is 1.69. The molecule has 3 heteroatoms. The van der Waals surface area contributed by atoms with Crippen LogP contribution in [0.1, 0.15) is 42.5 Å². The molecule has 0 radical (unpaired) electrons. The van der Waals surface area contributed by atoms with Crippen LogP contribution in [0.4, 0.5) is 0 Å². The van der Waals surface area contributed by atoms with Crippen molar-refractivity contribution in [2.75, 3.05) is 13.1 Å². The molecule has 0 aromatic heterocycles. The first-order chi connectivity index (χ1) is 9.24. The first-order valence-electron chi connectivity index (χ1n) is 7.28. The number of carbonyl (C=O) groups is 1. The standard InChI is InChI=1S/C16H20ClNO/c17-14-6-4-12(5-7-14)16(19)13-8-10-18-9-2-1-3-15(18)11-13/h4-7,13,15H,1-3,8-11H2. The van der Waals surface area contributed by atoms with Crippen molar-refractivity contribution in [2.24, 2.45) is 5.92 Å². The molecule has 2 saturated heterocycles. The van der Waals surface area contributed by atoms with E-state index in [1.165, 1.54) is 25.8 Å². The lowest BCUT2D eigenvalue weighted by molar-refractivity contribution is 0.0615. The molecule has 102 valence electrons. The minimum atomic E-state index is 0.209. The zero-order chi connectivity index (χ0) is 13.2. The number of ketones is 1. The molecule has 2 atom stereocenters. The van der Waals surface area contributed by atoms with Crippen molar-refractivity contribution in [3.05, 3.63) is 34.9 Å². The van der Waals surface area contributed by atoms with Gasteiger partial charge in [-0.1, -0.05) is 18.0 Å². The second kappa shape index (κ2) is 5.64. The lowest BCUT2D eigenvalue weighted by atomic mass is 9.82. The molecular formula is C16H20ClNO. The van der Waals surface area contributed by atoms with Crippen LogP contribution in [-0.4, -0.2) is 29.8 Å². The second-order valence-corrected chi connectivity index (χ2v) is 6.21. The van der Waals surface area contributed by atoms with Crippen molar-refractivity contribution < 1.29 is 4.79 Å². The van der Waals surface area contributed by atoms with Crippen LogP contribution in [0.2, 0.25) is 5.02 Å². The molecule has 1 aromatic carbocycles. The Labute approximate surface area is 119 Å². The van der Waals surface area contributed by atoms with Gasteiger partial charge in [-0.15, -0.1) is 0 Å². The van der Waals surface area contributed by atoms with Gasteiger partial charge in [0.2, 0.25) is 0 Å². The minimum Gasteiger partial charge on any atom is -0.300 e. The van der Waals surface area contributed by atoms with E-state index in [1.54, 1.807) is 0 Å². The summed E-state index contributed by atoms with van der Waals surface area (Å²) >= 11 is 5.88. The largest absolute Gasteiger partial charge is 0.300 e. The van der Waals surface area contributed by atoms with Crippen LogP contribution < -0.4 is 0 Å². The highest BCUT2D eigenvalue weighted by Crippen LogP contribution is 2.31. The maximum absolute atomic E-state index is 12.5. The molecule has 19 heavy (non-hydrogen) atoms. The summed E-state index contributed by atoms with van der Waals surface area (Å²) in [6, 6.07) is 7.98. The summed E-state index contributed by atoms with van der Waals surface area (Å²) in [6.45, 7) is 2.32. The van der Waals surface area contributed by atoms with Crippen molar-refractivity contribution >= 4 is 17.4 Å². The number of hydrogen-bond donors (Lipinski definition) is 0. The molecule has 2 aliphatic heterocycles. The summed E-state index contributed by atoms with van der Waals surface area (Å²) in [5.41, 5.74) is 0.818. The Morgan fingerprint density at radius 3 is 2.68 bits per heavy atom. The van der Waals surface area contributed by atoms with E-state index in [4.69, 9.17) is 11.6 Å². The number of benzene rings is 1. The number of Topliss-reactive ketones (excluding diaryl/α,β-unsaturated/α-hetero) is 1. The third-order valence-electron chi connectivity index (χ3n) is 4.57. The molecule has 2 heterocycles. The highest BCUT2D eigenvalue weighted by Gasteiger charge is 2.33. The average Bonchev–Trinajstić information content (AvgIpc) is 2.47. The van der Waals surface area contributed by atoms with Crippen LogP contribution in [0.3, 0.4) is 0 Å². The van der Waals surface area contributed by atoms with E-state index in [2.05, 4.69) is 4.90 Å². The van der Waals surface area contributed by atoms with E-state index < -0.39 is 0 Å². The van der Waals surface area contributed by atoms with Gasteiger partial charge in [-0.3, -0.25) is 4.79 Å². The third kappa shape index (κ3) is 2.85. The molecule has 1 aromatic rings. The van der Waals surface area contributed by atoms with Gasteiger partial charge in [-0.25, -0.2) is 0 Å². The van der Waals surface area contributed by atoms with Gasteiger partial charge in [0.1, 0.15) is 0 Å². The smallest absolute Gasteiger partial charge is 0.166 e. The number of carbonyl (C=O) groups excluding carboxylic acids is 1. The zero-order valence-corrected chi connectivity index (χ0v) is 11.9. The van der Waals surface area contributed by atoms with Gasteiger partial charge in [-0.2, -0.15) is 0 Å². The summed E-state index contributed by atoms with van der Waals surface area (Å²) in [5, 5.41) is 0.693. The first-order valence-corrected chi connectivity index (χ1v) is 7.65. The molecule has 0 bridgehead atoms. The van der Waals surface area contributed by atoms with Gasteiger partial charge in [0.25, 0.3) is 0 Å². The Hall–Kier alpha value is -0.860. The van der Waals surface area contributed by atoms with E-state index >= 15 is 0 Å². The van der Waals surface area contributed by atoms with E-state index in [0.29, 0.717) is 16.8 Å². The molecule has 0 spiro atoms. The predicted octanol–water partition coefficient (Wildman–Crippen LogP) is 3.79. The lowest BCUT2D eigenvalue weighted by Gasteiger charge is -2.42. The second-order valence-electron chi connectivity index (χ2n) is 5.78. The Bertz CT molecular complexity index is 456. The van der Waals surface area contributed by atoms with Crippen molar-refractivity contribution in [1.29, 1.82) is 0 Å². The van der Waals surface area contributed by atoms with Crippen molar-refractivity contribution in [3.63, 3.8) is 0 Å². The van der Waals surface area contributed by atoms with E-state index in [9.17, 15) is 4.79 Å². The normalized spacial score (nSPS) is 27.8. The Morgan fingerprint density at radius 2 is 1.89 bits per heavy atom. The number of rotatable bonds is 2. The summed E-state index contributed by atoms with van der Waals surface area (Å²) in [6.07, 6.45) is 5.97. The maximum Gasteiger partial charge on any atom is 0.166 e.